The number of benzene rings is 2. The molecule has 7 nitrogen and oxygen atoms in total. The molecule has 148 valence electrons. The molecule has 3 rings (SSSR count). The van der Waals surface area contributed by atoms with Crippen molar-refractivity contribution in [1.82, 2.24) is 0 Å². The Morgan fingerprint density at radius 2 is 1.68 bits per heavy atom. The number of esters is 1. The number of amides is 1. The Balaban J connectivity index is 1.37. The van der Waals surface area contributed by atoms with Crippen LogP contribution in [0.3, 0.4) is 0 Å². The van der Waals surface area contributed by atoms with Gasteiger partial charge in [-0.3, -0.25) is 9.59 Å². The predicted molar refractivity (Wildman–Crippen MR) is 103 cm³/mol. The van der Waals surface area contributed by atoms with Gasteiger partial charge in [-0.15, -0.1) is 0 Å². The summed E-state index contributed by atoms with van der Waals surface area (Å²) in [6, 6.07) is 14.3. The molecule has 0 saturated carbocycles. The summed E-state index contributed by atoms with van der Waals surface area (Å²) in [6.45, 7) is 3.01. The zero-order valence-electron chi connectivity index (χ0n) is 15.7. The fourth-order valence-electron chi connectivity index (χ4n) is 2.60. The molecule has 0 fully saturated rings. The Morgan fingerprint density at radius 3 is 2.39 bits per heavy atom. The third-order valence-corrected chi connectivity index (χ3v) is 3.97. The Bertz CT molecular complexity index is 805. The van der Waals surface area contributed by atoms with E-state index in [4.69, 9.17) is 18.9 Å². The maximum atomic E-state index is 12.0. The first-order chi connectivity index (χ1) is 13.7. The van der Waals surface area contributed by atoms with Gasteiger partial charge in [0.15, 0.2) is 6.10 Å². The van der Waals surface area contributed by atoms with E-state index in [2.05, 4.69) is 5.32 Å². The second-order valence-corrected chi connectivity index (χ2v) is 6.18. The maximum Gasteiger partial charge on any atom is 0.310 e. The van der Waals surface area contributed by atoms with Crippen LogP contribution in [-0.2, 0) is 14.3 Å². The van der Waals surface area contributed by atoms with Crippen LogP contribution in [0, 0.1) is 0 Å². The minimum atomic E-state index is -0.904. The lowest BCUT2D eigenvalue weighted by molar-refractivity contribution is -0.148. The first-order valence-corrected chi connectivity index (χ1v) is 9.23. The monoisotopic (exact) mass is 385 g/mol. The van der Waals surface area contributed by atoms with Crippen molar-refractivity contribution in [2.45, 2.75) is 25.9 Å². The highest BCUT2D eigenvalue weighted by molar-refractivity contribution is 5.99. The smallest absolute Gasteiger partial charge is 0.310 e. The molecule has 0 spiro atoms. The number of carbonyl (C=O) groups is 2. The van der Waals surface area contributed by atoms with Crippen LogP contribution < -0.4 is 19.5 Å². The molecule has 1 amide bonds. The molecule has 0 bridgehead atoms. The van der Waals surface area contributed by atoms with Crippen LogP contribution in [-0.4, -0.2) is 37.8 Å². The SMILES string of the molecule is CCCOc1ccc(OCCOC(=O)CC2Oc3ccccc3NC2=O)cc1. The normalized spacial score (nSPS) is 15.0. The molecule has 1 aliphatic heterocycles. The van der Waals surface area contributed by atoms with Crippen molar-refractivity contribution < 1.29 is 28.5 Å². The molecule has 1 heterocycles. The maximum absolute atomic E-state index is 12.0. The van der Waals surface area contributed by atoms with E-state index in [9.17, 15) is 9.59 Å². The van der Waals surface area contributed by atoms with Gasteiger partial charge in [-0.05, 0) is 42.8 Å². The van der Waals surface area contributed by atoms with Gasteiger partial charge in [-0.2, -0.15) is 0 Å². The molecular formula is C21H23NO6. The van der Waals surface area contributed by atoms with Crippen LogP contribution in [0.1, 0.15) is 19.8 Å². The first kappa shape index (κ1) is 19.5. The molecule has 0 saturated heterocycles. The van der Waals surface area contributed by atoms with Crippen LogP contribution in [0.25, 0.3) is 0 Å². The van der Waals surface area contributed by atoms with Crippen molar-refractivity contribution in [3.63, 3.8) is 0 Å². The molecule has 0 radical (unpaired) electrons. The molecule has 1 atom stereocenters. The number of nitrogens with one attached hydrogen (secondary N) is 1. The number of fused-ring (bicyclic) bond motifs is 1. The molecule has 0 aromatic heterocycles. The van der Waals surface area contributed by atoms with Gasteiger partial charge in [-0.1, -0.05) is 19.1 Å². The van der Waals surface area contributed by atoms with Crippen LogP contribution >= 0.6 is 0 Å². The van der Waals surface area contributed by atoms with Gasteiger partial charge in [-0.25, -0.2) is 0 Å². The van der Waals surface area contributed by atoms with Crippen LogP contribution in [0.15, 0.2) is 48.5 Å². The summed E-state index contributed by atoms with van der Waals surface area (Å²) >= 11 is 0. The van der Waals surface area contributed by atoms with Crippen LogP contribution in [0.2, 0.25) is 0 Å². The Hall–Kier alpha value is -3.22. The summed E-state index contributed by atoms with van der Waals surface area (Å²) in [4.78, 5) is 24.0. The second-order valence-electron chi connectivity index (χ2n) is 6.18. The Morgan fingerprint density at radius 1 is 1.00 bits per heavy atom. The van der Waals surface area contributed by atoms with Crippen molar-refractivity contribution in [1.29, 1.82) is 0 Å². The van der Waals surface area contributed by atoms with Gasteiger partial charge in [0.05, 0.1) is 18.7 Å². The number of rotatable bonds is 9. The van der Waals surface area contributed by atoms with Crippen LogP contribution in [0.4, 0.5) is 5.69 Å². The number of ether oxygens (including phenoxy) is 4. The summed E-state index contributed by atoms with van der Waals surface area (Å²) in [5.41, 5.74) is 0.594. The summed E-state index contributed by atoms with van der Waals surface area (Å²) in [7, 11) is 0. The van der Waals surface area contributed by atoms with Crippen molar-refractivity contribution in [3.8, 4) is 17.2 Å². The quantitative estimate of drug-likeness (QED) is 0.527. The third kappa shape index (κ3) is 5.39. The average Bonchev–Trinajstić information content (AvgIpc) is 2.71. The third-order valence-electron chi connectivity index (χ3n) is 3.97. The minimum absolute atomic E-state index is 0.0812. The van der Waals surface area contributed by atoms with E-state index in [1.54, 1.807) is 36.4 Å². The molecule has 2 aromatic rings. The van der Waals surface area contributed by atoms with Gasteiger partial charge in [0.2, 0.25) is 0 Å². The van der Waals surface area contributed by atoms with Gasteiger partial charge in [0.1, 0.15) is 30.5 Å². The lowest BCUT2D eigenvalue weighted by Crippen LogP contribution is -2.39. The average molecular weight is 385 g/mol. The summed E-state index contributed by atoms with van der Waals surface area (Å²) in [5.74, 6) is 1.10. The highest BCUT2D eigenvalue weighted by atomic mass is 16.6. The van der Waals surface area contributed by atoms with Gasteiger partial charge in [0.25, 0.3) is 5.91 Å². The fraction of sp³-hybridized carbons (Fsp3) is 0.333. The summed E-state index contributed by atoms with van der Waals surface area (Å²) < 4.78 is 21.7. The van der Waals surface area contributed by atoms with Crippen molar-refractivity contribution in [2.24, 2.45) is 0 Å². The van der Waals surface area contributed by atoms with E-state index in [-0.39, 0.29) is 25.5 Å². The molecule has 28 heavy (non-hydrogen) atoms. The van der Waals surface area contributed by atoms with E-state index in [1.807, 2.05) is 19.1 Å². The van der Waals surface area contributed by atoms with Gasteiger partial charge < -0.3 is 24.3 Å². The topological polar surface area (TPSA) is 83.1 Å². The largest absolute Gasteiger partial charge is 0.494 e. The highest BCUT2D eigenvalue weighted by Gasteiger charge is 2.30. The number of carbonyl (C=O) groups excluding carboxylic acids is 2. The molecule has 0 aliphatic carbocycles. The lowest BCUT2D eigenvalue weighted by Gasteiger charge is -2.25. The zero-order valence-corrected chi connectivity index (χ0v) is 15.7. The molecule has 1 aliphatic rings. The Kier molecular flexibility index (Phi) is 6.73. The number of hydrogen-bond acceptors (Lipinski definition) is 6. The summed E-state index contributed by atoms with van der Waals surface area (Å²) in [5, 5.41) is 2.71. The van der Waals surface area contributed by atoms with E-state index in [1.165, 1.54) is 0 Å². The Labute approximate surface area is 163 Å². The van der Waals surface area contributed by atoms with E-state index in [0.29, 0.717) is 23.8 Å². The van der Waals surface area contributed by atoms with Gasteiger partial charge in [0, 0.05) is 0 Å². The molecule has 7 heteroatoms. The van der Waals surface area contributed by atoms with E-state index < -0.39 is 12.1 Å². The van der Waals surface area contributed by atoms with Crippen molar-refractivity contribution >= 4 is 17.6 Å². The van der Waals surface area contributed by atoms with E-state index in [0.717, 1.165) is 12.2 Å². The van der Waals surface area contributed by atoms with Crippen molar-refractivity contribution in [2.75, 3.05) is 25.1 Å². The highest BCUT2D eigenvalue weighted by Crippen LogP contribution is 2.29. The zero-order chi connectivity index (χ0) is 19.8. The summed E-state index contributed by atoms with van der Waals surface area (Å²) in [6.07, 6.45) is -0.119. The lowest BCUT2D eigenvalue weighted by atomic mass is 10.1. The number of hydrogen-bond donors (Lipinski definition) is 1. The van der Waals surface area contributed by atoms with Crippen molar-refractivity contribution in [3.05, 3.63) is 48.5 Å². The molecule has 1 N–H and O–H groups in total. The number of para-hydroxylation sites is 2. The predicted octanol–water partition coefficient (Wildman–Crippen LogP) is 3.19. The minimum Gasteiger partial charge on any atom is -0.494 e. The van der Waals surface area contributed by atoms with E-state index >= 15 is 0 Å². The molecule has 1 unspecified atom stereocenters. The standard InChI is InChI=1S/C21H23NO6/c1-2-11-25-15-7-9-16(10-8-15)26-12-13-27-20(23)14-19-21(24)22-17-5-3-4-6-18(17)28-19/h3-10,19H,2,11-14H2,1H3,(H,22,24). The second kappa shape index (κ2) is 9.64. The first-order valence-electron chi connectivity index (χ1n) is 9.23. The molecular weight excluding hydrogens is 362 g/mol. The molecule has 2 aromatic carbocycles. The van der Waals surface area contributed by atoms with Crippen LogP contribution in [0.5, 0.6) is 17.2 Å². The van der Waals surface area contributed by atoms with Gasteiger partial charge >= 0.3 is 5.97 Å². The fourth-order valence-corrected chi connectivity index (χ4v) is 2.60. The number of anilines is 1.